The number of carbonyl (C=O) groups excluding carboxylic acids is 1. The van der Waals surface area contributed by atoms with Crippen molar-refractivity contribution in [3.8, 4) is 0 Å². The van der Waals surface area contributed by atoms with Gasteiger partial charge in [-0.1, -0.05) is 12.1 Å². The lowest BCUT2D eigenvalue weighted by Gasteiger charge is -2.11. The summed E-state index contributed by atoms with van der Waals surface area (Å²) in [4.78, 5) is 11.7. The van der Waals surface area contributed by atoms with Crippen molar-refractivity contribution < 1.29 is 27.5 Å². The molecule has 0 fully saturated rings. The predicted molar refractivity (Wildman–Crippen MR) is 70.9 cm³/mol. The molecule has 0 aliphatic heterocycles. The molecule has 22 heavy (non-hydrogen) atoms. The first kappa shape index (κ1) is 16.0. The summed E-state index contributed by atoms with van der Waals surface area (Å²) in [6.45, 7) is 0. The van der Waals surface area contributed by atoms with E-state index in [0.29, 0.717) is 12.1 Å². The lowest BCUT2D eigenvalue weighted by molar-refractivity contribution is -0.118. The largest absolute Gasteiger partial charge is 0.388 e. The van der Waals surface area contributed by atoms with E-state index < -0.39 is 41.7 Å². The molecule has 0 aromatic heterocycles. The van der Waals surface area contributed by atoms with Gasteiger partial charge in [0.15, 0.2) is 17.5 Å². The SMILES string of the molecule is O=C(CC(O)c1cccc(F)c1)Nc1cc(F)c(F)c(F)c1. The van der Waals surface area contributed by atoms with Gasteiger partial charge in [-0.15, -0.1) is 0 Å². The molecule has 3 nitrogen and oxygen atoms in total. The maximum atomic E-state index is 13.0. The molecule has 0 bridgehead atoms. The molecule has 0 saturated heterocycles. The predicted octanol–water partition coefficient (Wildman–Crippen LogP) is 3.31. The number of amides is 1. The molecule has 2 N–H and O–H groups in total. The maximum absolute atomic E-state index is 13.0. The van der Waals surface area contributed by atoms with Crippen LogP contribution in [0, 0.1) is 23.3 Å². The zero-order chi connectivity index (χ0) is 16.3. The first-order valence-electron chi connectivity index (χ1n) is 6.24. The first-order valence-corrected chi connectivity index (χ1v) is 6.24. The van der Waals surface area contributed by atoms with Crippen LogP contribution in [0.2, 0.25) is 0 Å². The Morgan fingerprint density at radius 1 is 1.09 bits per heavy atom. The number of aliphatic hydroxyl groups is 1. The van der Waals surface area contributed by atoms with E-state index in [1.165, 1.54) is 18.2 Å². The van der Waals surface area contributed by atoms with Gasteiger partial charge in [-0.05, 0) is 17.7 Å². The minimum Gasteiger partial charge on any atom is -0.388 e. The Balaban J connectivity index is 2.04. The Morgan fingerprint density at radius 3 is 2.32 bits per heavy atom. The zero-order valence-corrected chi connectivity index (χ0v) is 11.1. The molecule has 0 aliphatic carbocycles. The third-order valence-electron chi connectivity index (χ3n) is 2.88. The summed E-state index contributed by atoms with van der Waals surface area (Å²) in [5.41, 5.74) is -0.0977. The summed E-state index contributed by atoms with van der Waals surface area (Å²) in [5, 5.41) is 11.9. The van der Waals surface area contributed by atoms with Crippen molar-refractivity contribution in [3.05, 3.63) is 65.2 Å². The second-order valence-electron chi connectivity index (χ2n) is 4.58. The van der Waals surface area contributed by atoms with Crippen molar-refractivity contribution in [2.24, 2.45) is 0 Å². The third kappa shape index (κ3) is 3.82. The van der Waals surface area contributed by atoms with Gasteiger partial charge in [0.1, 0.15) is 5.82 Å². The highest BCUT2D eigenvalue weighted by Crippen LogP contribution is 2.20. The smallest absolute Gasteiger partial charge is 0.227 e. The van der Waals surface area contributed by atoms with E-state index in [1.54, 1.807) is 0 Å². The normalized spacial score (nSPS) is 12.0. The summed E-state index contributed by atoms with van der Waals surface area (Å²) in [5.74, 6) is -5.86. The van der Waals surface area contributed by atoms with Crippen LogP contribution < -0.4 is 5.32 Å². The van der Waals surface area contributed by atoms with E-state index in [1.807, 2.05) is 0 Å². The number of anilines is 1. The molecule has 1 atom stereocenters. The van der Waals surface area contributed by atoms with Gasteiger partial charge in [0.25, 0.3) is 0 Å². The van der Waals surface area contributed by atoms with E-state index >= 15 is 0 Å². The van der Waals surface area contributed by atoms with Gasteiger partial charge in [-0.2, -0.15) is 0 Å². The molecule has 0 heterocycles. The highest BCUT2D eigenvalue weighted by Gasteiger charge is 2.16. The molecule has 0 saturated carbocycles. The molecule has 0 radical (unpaired) electrons. The number of hydrogen-bond donors (Lipinski definition) is 2. The molecule has 2 rings (SSSR count). The number of aliphatic hydroxyl groups excluding tert-OH is 1. The monoisotopic (exact) mass is 313 g/mol. The number of carbonyl (C=O) groups is 1. The number of rotatable bonds is 4. The minimum absolute atomic E-state index is 0.187. The summed E-state index contributed by atoms with van der Waals surface area (Å²) in [6.07, 6.45) is -1.74. The van der Waals surface area contributed by atoms with Crippen molar-refractivity contribution in [3.63, 3.8) is 0 Å². The number of benzene rings is 2. The molecule has 0 spiro atoms. The number of nitrogens with one attached hydrogen (secondary N) is 1. The lowest BCUT2D eigenvalue weighted by atomic mass is 10.1. The quantitative estimate of drug-likeness (QED) is 0.672. The molecule has 7 heteroatoms. The standard InChI is InChI=1S/C15H11F4NO2/c16-9-3-1-2-8(4-9)13(21)7-14(22)20-10-5-11(17)15(19)12(18)6-10/h1-6,13,21H,7H2,(H,20,22). The number of halogens is 4. The van der Waals surface area contributed by atoms with Crippen LogP contribution in [0.3, 0.4) is 0 Å². The van der Waals surface area contributed by atoms with Gasteiger partial charge in [-0.3, -0.25) is 4.79 Å². The number of hydrogen-bond acceptors (Lipinski definition) is 2. The van der Waals surface area contributed by atoms with Crippen molar-refractivity contribution >= 4 is 11.6 Å². The van der Waals surface area contributed by atoms with Gasteiger partial charge in [0.05, 0.1) is 12.5 Å². The molecule has 0 aliphatic rings. The summed E-state index contributed by atoms with van der Waals surface area (Å²) in [6, 6.07) is 6.28. The van der Waals surface area contributed by atoms with Crippen molar-refractivity contribution in [1.82, 2.24) is 0 Å². The first-order chi connectivity index (χ1) is 10.4. The second-order valence-corrected chi connectivity index (χ2v) is 4.58. The molecule has 2 aromatic rings. The summed E-state index contributed by atoms with van der Waals surface area (Å²) >= 11 is 0. The Kier molecular flexibility index (Phi) is 4.77. The van der Waals surface area contributed by atoms with Crippen LogP contribution in [0.5, 0.6) is 0 Å². The van der Waals surface area contributed by atoms with Crippen LogP contribution in [0.1, 0.15) is 18.1 Å². The Bertz CT molecular complexity index is 683. The van der Waals surface area contributed by atoms with Crippen molar-refractivity contribution in [1.29, 1.82) is 0 Å². The van der Waals surface area contributed by atoms with Gasteiger partial charge < -0.3 is 10.4 Å². The van der Waals surface area contributed by atoms with Crippen LogP contribution in [0.25, 0.3) is 0 Å². The van der Waals surface area contributed by atoms with Gasteiger partial charge in [0.2, 0.25) is 5.91 Å². The van der Waals surface area contributed by atoms with Crippen molar-refractivity contribution in [2.45, 2.75) is 12.5 Å². The van der Waals surface area contributed by atoms with E-state index in [0.717, 1.165) is 6.07 Å². The molecule has 1 amide bonds. The molecular formula is C15H11F4NO2. The van der Waals surface area contributed by atoms with Gasteiger partial charge >= 0.3 is 0 Å². The molecule has 2 aromatic carbocycles. The fraction of sp³-hybridized carbons (Fsp3) is 0.133. The van der Waals surface area contributed by atoms with Crippen LogP contribution in [-0.4, -0.2) is 11.0 Å². The average Bonchev–Trinajstić information content (AvgIpc) is 2.44. The Morgan fingerprint density at radius 2 is 1.73 bits per heavy atom. The minimum atomic E-state index is -1.64. The van der Waals surface area contributed by atoms with E-state index in [-0.39, 0.29) is 11.3 Å². The van der Waals surface area contributed by atoms with Crippen LogP contribution in [0.15, 0.2) is 36.4 Å². The maximum Gasteiger partial charge on any atom is 0.227 e. The van der Waals surface area contributed by atoms with Crippen molar-refractivity contribution in [2.75, 3.05) is 5.32 Å². The van der Waals surface area contributed by atoms with E-state index in [4.69, 9.17) is 0 Å². The Hall–Kier alpha value is -2.41. The van der Waals surface area contributed by atoms with E-state index in [2.05, 4.69) is 5.32 Å². The van der Waals surface area contributed by atoms with E-state index in [9.17, 15) is 27.5 Å². The topological polar surface area (TPSA) is 49.3 Å². The summed E-state index contributed by atoms with van der Waals surface area (Å²) < 4.78 is 51.8. The van der Waals surface area contributed by atoms with Gasteiger partial charge in [-0.25, -0.2) is 17.6 Å². The average molecular weight is 313 g/mol. The van der Waals surface area contributed by atoms with Crippen LogP contribution >= 0.6 is 0 Å². The lowest BCUT2D eigenvalue weighted by Crippen LogP contribution is -2.16. The van der Waals surface area contributed by atoms with Crippen LogP contribution in [-0.2, 0) is 4.79 Å². The zero-order valence-electron chi connectivity index (χ0n) is 11.1. The molecule has 116 valence electrons. The molecular weight excluding hydrogens is 302 g/mol. The highest BCUT2D eigenvalue weighted by molar-refractivity contribution is 5.91. The Labute approximate surface area is 123 Å². The fourth-order valence-electron chi connectivity index (χ4n) is 1.85. The third-order valence-corrected chi connectivity index (χ3v) is 2.88. The highest BCUT2D eigenvalue weighted by atomic mass is 19.2. The summed E-state index contributed by atoms with van der Waals surface area (Å²) in [7, 11) is 0. The fourth-order valence-corrected chi connectivity index (χ4v) is 1.85. The van der Waals surface area contributed by atoms with Gasteiger partial charge in [0, 0.05) is 17.8 Å². The molecule has 1 unspecified atom stereocenters. The second kappa shape index (κ2) is 6.57. The van der Waals surface area contributed by atoms with Crippen LogP contribution in [0.4, 0.5) is 23.2 Å².